The van der Waals surface area contributed by atoms with Crippen LogP contribution in [0.1, 0.15) is 18.1 Å². The van der Waals surface area contributed by atoms with Gasteiger partial charge in [0.05, 0.1) is 12.2 Å². The maximum atomic E-state index is 12.1. The van der Waals surface area contributed by atoms with Gasteiger partial charge in [0.1, 0.15) is 6.07 Å². The number of ether oxygens (including phenoxy) is 2. The molecule has 0 spiro atoms. The normalized spacial score (nSPS) is 9.92. The third-order valence-electron chi connectivity index (χ3n) is 3.23. The molecule has 2 aromatic carbocycles. The van der Waals surface area contributed by atoms with E-state index in [9.17, 15) is 4.79 Å². The summed E-state index contributed by atoms with van der Waals surface area (Å²) in [7, 11) is 0. The van der Waals surface area contributed by atoms with Gasteiger partial charge in [-0.3, -0.25) is 4.79 Å². The van der Waals surface area contributed by atoms with Crippen LogP contribution in [0.15, 0.2) is 40.9 Å². The molecule has 0 aliphatic rings. The van der Waals surface area contributed by atoms with Crippen LogP contribution in [0.2, 0.25) is 0 Å². The molecule has 0 aromatic heterocycles. The average Bonchev–Trinajstić information content (AvgIpc) is 2.57. The summed E-state index contributed by atoms with van der Waals surface area (Å²) in [5.74, 6) is 0.566. The number of halogens is 1. The predicted molar refractivity (Wildman–Crippen MR) is 95.3 cm³/mol. The Kier molecular flexibility index (Phi) is 6.21. The van der Waals surface area contributed by atoms with Crippen molar-refractivity contribution in [3.8, 4) is 17.6 Å². The van der Waals surface area contributed by atoms with Gasteiger partial charge in [-0.15, -0.1) is 0 Å². The summed E-state index contributed by atoms with van der Waals surface area (Å²) < 4.78 is 11.6. The molecular formula is C18H17BrN2O3. The molecule has 0 saturated heterocycles. The van der Waals surface area contributed by atoms with E-state index in [1.54, 1.807) is 12.1 Å². The van der Waals surface area contributed by atoms with E-state index in [4.69, 9.17) is 14.7 Å². The first-order chi connectivity index (χ1) is 11.5. The van der Waals surface area contributed by atoms with Crippen molar-refractivity contribution in [3.05, 3.63) is 52.0 Å². The number of nitrogens with one attached hydrogen (secondary N) is 1. The van der Waals surface area contributed by atoms with Gasteiger partial charge in [-0.05, 0) is 47.5 Å². The number of hydrogen-bond acceptors (Lipinski definition) is 4. The second-order valence-electron chi connectivity index (χ2n) is 4.98. The summed E-state index contributed by atoms with van der Waals surface area (Å²) in [4.78, 5) is 12.1. The van der Waals surface area contributed by atoms with Gasteiger partial charge in [0, 0.05) is 16.2 Å². The van der Waals surface area contributed by atoms with Crippen molar-refractivity contribution in [2.24, 2.45) is 0 Å². The highest BCUT2D eigenvalue weighted by Gasteiger charge is 2.13. The number of hydrogen-bond donors (Lipinski definition) is 1. The van der Waals surface area contributed by atoms with Crippen molar-refractivity contribution < 1.29 is 14.3 Å². The van der Waals surface area contributed by atoms with E-state index in [0.29, 0.717) is 28.1 Å². The number of amides is 1. The Morgan fingerprint density at radius 2 is 1.96 bits per heavy atom. The lowest BCUT2D eigenvalue weighted by Gasteiger charge is -2.13. The molecule has 2 rings (SSSR count). The molecule has 0 atom stereocenters. The zero-order valence-electron chi connectivity index (χ0n) is 13.4. The Morgan fingerprint density at radius 1 is 1.25 bits per heavy atom. The molecular weight excluding hydrogens is 372 g/mol. The molecule has 124 valence electrons. The molecule has 0 radical (unpaired) electrons. The van der Waals surface area contributed by atoms with Crippen LogP contribution in [-0.4, -0.2) is 19.1 Å². The summed E-state index contributed by atoms with van der Waals surface area (Å²) in [5, 5.41) is 11.9. The minimum atomic E-state index is -0.271. The largest absolute Gasteiger partial charge is 0.490 e. The Hall–Kier alpha value is -2.52. The average molecular weight is 389 g/mol. The van der Waals surface area contributed by atoms with Gasteiger partial charge in [0.25, 0.3) is 5.91 Å². The second-order valence-corrected chi connectivity index (χ2v) is 5.83. The molecule has 1 N–H and O–H groups in total. The Morgan fingerprint density at radius 3 is 2.62 bits per heavy atom. The van der Waals surface area contributed by atoms with Gasteiger partial charge >= 0.3 is 0 Å². The molecule has 0 unspecified atom stereocenters. The van der Waals surface area contributed by atoms with E-state index in [2.05, 4.69) is 27.3 Å². The molecule has 0 aliphatic carbocycles. The van der Waals surface area contributed by atoms with E-state index in [1.165, 1.54) is 0 Å². The molecule has 0 heterocycles. The second kappa shape index (κ2) is 8.37. The van der Waals surface area contributed by atoms with Gasteiger partial charge in [0.2, 0.25) is 0 Å². The number of aryl methyl sites for hydroxylation is 1. The minimum Gasteiger partial charge on any atom is -0.490 e. The molecule has 2 aromatic rings. The van der Waals surface area contributed by atoms with E-state index < -0.39 is 0 Å². The molecule has 0 fully saturated rings. The number of rotatable bonds is 6. The molecule has 0 saturated carbocycles. The van der Waals surface area contributed by atoms with Crippen LogP contribution in [0.25, 0.3) is 0 Å². The van der Waals surface area contributed by atoms with Crippen LogP contribution < -0.4 is 14.8 Å². The SMILES string of the molecule is CCOc1cc(C#N)c(Br)cc1OCC(=O)Nc1ccccc1C. The standard InChI is InChI=1S/C18H17BrN2O3/c1-3-23-16-8-13(10-20)14(19)9-17(16)24-11-18(22)21-15-7-5-4-6-12(15)2/h4-9H,3,11H2,1-2H3,(H,21,22). The Labute approximate surface area is 149 Å². The molecule has 1 amide bonds. The molecule has 0 bridgehead atoms. The first kappa shape index (κ1) is 17.8. The summed E-state index contributed by atoms with van der Waals surface area (Å²) in [6.07, 6.45) is 0. The number of para-hydroxylation sites is 1. The molecule has 0 aliphatic heterocycles. The Bertz CT molecular complexity index is 784. The highest BCUT2D eigenvalue weighted by Crippen LogP contribution is 2.33. The third kappa shape index (κ3) is 4.49. The van der Waals surface area contributed by atoms with Gasteiger partial charge in [-0.25, -0.2) is 0 Å². The lowest BCUT2D eigenvalue weighted by molar-refractivity contribution is -0.118. The number of carbonyl (C=O) groups excluding carboxylic acids is 1. The number of benzene rings is 2. The maximum Gasteiger partial charge on any atom is 0.262 e. The quantitative estimate of drug-likeness (QED) is 0.809. The van der Waals surface area contributed by atoms with Crippen LogP contribution in [0.4, 0.5) is 5.69 Å². The van der Waals surface area contributed by atoms with Gasteiger partial charge in [-0.1, -0.05) is 18.2 Å². The van der Waals surface area contributed by atoms with Crippen LogP contribution in [0.5, 0.6) is 11.5 Å². The first-order valence-electron chi connectivity index (χ1n) is 7.40. The number of nitrogens with zero attached hydrogens (tertiary/aromatic N) is 1. The van der Waals surface area contributed by atoms with Crippen molar-refractivity contribution in [2.75, 3.05) is 18.5 Å². The fourth-order valence-corrected chi connectivity index (χ4v) is 2.46. The van der Waals surface area contributed by atoms with Crippen LogP contribution in [0.3, 0.4) is 0 Å². The highest BCUT2D eigenvalue weighted by molar-refractivity contribution is 9.10. The molecule has 24 heavy (non-hydrogen) atoms. The number of carbonyl (C=O) groups is 1. The fraction of sp³-hybridized carbons (Fsp3) is 0.222. The lowest BCUT2D eigenvalue weighted by Crippen LogP contribution is -2.20. The summed E-state index contributed by atoms with van der Waals surface area (Å²) in [5.41, 5.74) is 2.16. The number of anilines is 1. The molecule has 5 nitrogen and oxygen atoms in total. The number of nitriles is 1. The van der Waals surface area contributed by atoms with Gasteiger partial charge < -0.3 is 14.8 Å². The van der Waals surface area contributed by atoms with Crippen molar-refractivity contribution in [1.29, 1.82) is 5.26 Å². The van der Waals surface area contributed by atoms with Gasteiger partial charge in [-0.2, -0.15) is 5.26 Å². The summed E-state index contributed by atoms with van der Waals surface area (Å²) in [6.45, 7) is 4.02. The zero-order chi connectivity index (χ0) is 17.5. The van der Waals surface area contributed by atoms with Crippen molar-refractivity contribution in [3.63, 3.8) is 0 Å². The topological polar surface area (TPSA) is 71.3 Å². The molecule has 6 heteroatoms. The summed E-state index contributed by atoms with van der Waals surface area (Å²) in [6, 6.07) is 12.8. The van der Waals surface area contributed by atoms with E-state index in [0.717, 1.165) is 11.3 Å². The van der Waals surface area contributed by atoms with E-state index >= 15 is 0 Å². The Balaban J connectivity index is 2.08. The zero-order valence-corrected chi connectivity index (χ0v) is 15.0. The fourth-order valence-electron chi connectivity index (χ4n) is 2.04. The monoisotopic (exact) mass is 388 g/mol. The van der Waals surface area contributed by atoms with Crippen LogP contribution in [-0.2, 0) is 4.79 Å². The highest BCUT2D eigenvalue weighted by atomic mass is 79.9. The smallest absolute Gasteiger partial charge is 0.262 e. The van der Waals surface area contributed by atoms with Gasteiger partial charge in [0.15, 0.2) is 18.1 Å². The first-order valence-corrected chi connectivity index (χ1v) is 8.19. The van der Waals surface area contributed by atoms with Crippen LogP contribution >= 0.6 is 15.9 Å². The van der Waals surface area contributed by atoms with Crippen molar-refractivity contribution in [1.82, 2.24) is 0 Å². The maximum absolute atomic E-state index is 12.1. The lowest BCUT2D eigenvalue weighted by atomic mass is 10.2. The third-order valence-corrected chi connectivity index (χ3v) is 3.89. The predicted octanol–water partition coefficient (Wildman–Crippen LogP) is 4.05. The summed E-state index contributed by atoms with van der Waals surface area (Å²) >= 11 is 3.30. The van der Waals surface area contributed by atoms with Crippen molar-refractivity contribution >= 4 is 27.5 Å². The van der Waals surface area contributed by atoms with E-state index in [1.807, 2.05) is 38.1 Å². The van der Waals surface area contributed by atoms with Crippen molar-refractivity contribution in [2.45, 2.75) is 13.8 Å². The van der Waals surface area contributed by atoms with E-state index in [-0.39, 0.29) is 12.5 Å². The minimum absolute atomic E-state index is 0.160. The van der Waals surface area contributed by atoms with Crippen LogP contribution in [0, 0.1) is 18.3 Å².